The number of rotatable bonds is 4. The molecule has 118 valence electrons. The number of aromatic nitrogens is 3. The van der Waals surface area contributed by atoms with Crippen LogP contribution in [-0.4, -0.2) is 27.4 Å². The van der Waals surface area contributed by atoms with Gasteiger partial charge in [-0.1, -0.05) is 12.0 Å². The van der Waals surface area contributed by atoms with Crippen LogP contribution >= 0.6 is 11.3 Å². The zero-order valence-corrected chi connectivity index (χ0v) is 13.2. The smallest absolute Gasteiger partial charge is 0.270 e. The highest BCUT2D eigenvalue weighted by atomic mass is 32.1. The van der Waals surface area contributed by atoms with Crippen LogP contribution in [0.2, 0.25) is 0 Å². The highest BCUT2D eigenvalue weighted by Gasteiger charge is 2.12. The van der Waals surface area contributed by atoms with Crippen LogP contribution < -0.4 is 5.32 Å². The van der Waals surface area contributed by atoms with Crippen LogP contribution in [0.25, 0.3) is 21.1 Å². The Kier molecular flexibility index (Phi) is 4.59. The maximum atomic E-state index is 13.3. The molecule has 0 aromatic carbocycles. The van der Waals surface area contributed by atoms with Crippen molar-refractivity contribution in [2.24, 2.45) is 0 Å². The first kappa shape index (κ1) is 15.8. The normalized spacial score (nSPS) is 10.2. The minimum Gasteiger partial charge on any atom is -0.340 e. The van der Waals surface area contributed by atoms with E-state index in [1.165, 1.54) is 17.4 Å². The number of thiazole rings is 1. The second kappa shape index (κ2) is 6.98. The Morgan fingerprint density at radius 1 is 1.33 bits per heavy atom. The summed E-state index contributed by atoms with van der Waals surface area (Å²) in [6.07, 6.45) is 9.44. The largest absolute Gasteiger partial charge is 0.340 e. The lowest BCUT2D eigenvalue weighted by Gasteiger charge is -2.02. The van der Waals surface area contributed by atoms with E-state index in [-0.39, 0.29) is 18.1 Å². The summed E-state index contributed by atoms with van der Waals surface area (Å²) < 4.78 is 13.3. The molecular formula is C17H11FN4OS. The van der Waals surface area contributed by atoms with E-state index >= 15 is 0 Å². The lowest BCUT2D eigenvalue weighted by atomic mass is 10.2. The van der Waals surface area contributed by atoms with Crippen molar-refractivity contribution < 1.29 is 9.18 Å². The van der Waals surface area contributed by atoms with Crippen LogP contribution in [0, 0.1) is 18.2 Å². The molecule has 24 heavy (non-hydrogen) atoms. The molecule has 0 bridgehead atoms. The lowest BCUT2D eigenvalue weighted by Crippen LogP contribution is -2.24. The van der Waals surface area contributed by atoms with Gasteiger partial charge in [-0.25, -0.2) is 14.4 Å². The molecule has 0 unspecified atom stereocenters. The number of terminal acetylenes is 1. The van der Waals surface area contributed by atoms with E-state index in [1.54, 1.807) is 30.6 Å². The molecule has 0 aliphatic rings. The van der Waals surface area contributed by atoms with Gasteiger partial charge in [0, 0.05) is 18.0 Å². The summed E-state index contributed by atoms with van der Waals surface area (Å²) in [6, 6.07) is 6.48. The molecule has 0 aliphatic heterocycles. The second-order valence-corrected chi connectivity index (χ2v) is 5.75. The molecule has 5 nitrogen and oxygen atoms in total. The molecule has 3 aromatic heterocycles. The number of amides is 1. The average molecular weight is 338 g/mol. The second-order valence-electron chi connectivity index (χ2n) is 4.72. The van der Waals surface area contributed by atoms with Crippen LogP contribution in [0.5, 0.6) is 0 Å². The summed E-state index contributed by atoms with van der Waals surface area (Å²) >= 11 is 1.34. The van der Waals surface area contributed by atoms with E-state index in [9.17, 15) is 9.18 Å². The molecule has 0 spiro atoms. The van der Waals surface area contributed by atoms with Crippen molar-refractivity contribution in [1.29, 1.82) is 0 Å². The molecule has 0 saturated heterocycles. The molecule has 0 fully saturated rings. The van der Waals surface area contributed by atoms with Crippen molar-refractivity contribution in [2.75, 3.05) is 6.54 Å². The van der Waals surface area contributed by atoms with Gasteiger partial charge < -0.3 is 5.32 Å². The van der Waals surface area contributed by atoms with Gasteiger partial charge in [-0.15, -0.1) is 17.8 Å². The van der Waals surface area contributed by atoms with Crippen molar-refractivity contribution in [2.45, 2.75) is 0 Å². The molecule has 3 rings (SSSR count). The third-order valence-corrected chi connectivity index (χ3v) is 4.11. The quantitative estimate of drug-likeness (QED) is 0.743. The summed E-state index contributed by atoms with van der Waals surface area (Å²) in [5.41, 5.74) is 1.47. The van der Waals surface area contributed by atoms with E-state index in [0.717, 1.165) is 11.1 Å². The van der Waals surface area contributed by atoms with Gasteiger partial charge >= 0.3 is 0 Å². The number of hydrogen-bond donors (Lipinski definition) is 1. The molecule has 0 radical (unpaired) electrons. The number of hydrogen-bond acceptors (Lipinski definition) is 5. The van der Waals surface area contributed by atoms with Gasteiger partial charge in [0.15, 0.2) is 0 Å². The van der Waals surface area contributed by atoms with Gasteiger partial charge in [0.1, 0.15) is 16.5 Å². The number of carbonyl (C=O) groups excluding carboxylic acids is 1. The highest BCUT2D eigenvalue weighted by molar-refractivity contribution is 7.18. The highest BCUT2D eigenvalue weighted by Crippen LogP contribution is 2.31. The SMILES string of the molecule is C#CCNC(=O)c1cccc(-c2cnc(-c3cncc(F)c3)s2)n1. The maximum absolute atomic E-state index is 13.3. The number of nitrogens with one attached hydrogen (secondary N) is 1. The fourth-order valence-corrected chi connectivity index (χ4v) is 2.84. The first-order valence-corrected chi connectivity index (χ1v) is 7.75. The average Bonchev–Trinajstić information content (AvgIpc) is 3.10. The van der Waals surface area contributed by atoms with Gasteiger partial charge in [-0.3, -0.25) is 9.78 Å². The zero-order valence-electron chi connectivity index (χ0n) is 12.4. The Bertz CT molecular complexity index is 932. The third kappa shape index (κ3) is 3.45. The Hall–Kier alpha value is -3.11. The third-order valence-electron chi connectivity index (χ3n) is 3.04. The Balaban J connectivity index is 1.88. The van der Waals surface area contributed by atoms with Crippen LogP contribution in [0.3, 0.4) is 0 Å². The van der Waals surface area contributed by atoms with E-state index in [0.29, 0.717) is 16.3 Å². The van der Waals surface area contributed by atoms with Crippen LogP contribution in [-0.2, 0) is 0 Å². The van der Waals surface area contributed by atoms with Crippen molar-refractivity contribution >= 4 is 17.2 Å². The fraction of sp³-hybridized carbons (Fsp3) is 0.0588. The summed E-state index contributed by atoms with van der Waals surface area (Å²) in [5, 5.41) is 3.19. The lowest BCUT2D eigenvalue weighted by molar-refractivity contribution is 0.0954. The summed E-state index contributed by atoms with van der Waals surface area (Å²) in [7, 11) is 0. The Labute approximate surface area is 141 Å². The first-order chi connectivity index (χ1) is 11.7. The Morgan fingerprint density at radius 3 is 3.00 bits per heavy atom. The minimum atomic E-state index is -0.422. The Morgan fingerprint density at radius 2 is 2.21 bits per heavy atom. The molecule has 0 saturated carbocycles. The zero-order chi connectivity index (χ0) is 16.9. The molecule has 7 heteroatoms. The standard InChI is InChI=1S/C17H11FN4OS/c1-2-6-20-16(23)14-5-3-4-13(22-14)15-10-21-17(24-15)11-7-12(18)9-19-8-11/h1,3-5,7-10H,6H2,(H,20,23). The topological polar surface area (TPSA) is 67.8 Å². The number of nitrogens with zero attached hydrogens (tertiary/aromatic N) is 3. The van der Waals surface area contributed by atoms with Crippen LogP contribution in [0.15, 0.2) is 42.9 Å². The van der Waals surface area contributed by atoms with Crippen molar-refractivity contribution in [1.82, 2.24) is 20.3 Å². The van der Waals surface area contributed by atoms with Gasteiger partial charge in [0.2, 0.25) is 0 Å². The van der Waals surface area contributed by atoms with Crippen LogP contribution in [0.1, 0.15) is 10.5 Å². The fourth-order valence-electron chi connectivity index (χ4n) is 1.98. The van der Waals surface area contributed by atoms with E-state index in [1.807, 2.05) is 0 Å². The van der Waals surface area contributed by atoms with E-state index in [4.69, 9.17) is 6.42 Å². The van der Waals surface area contributed by atoms with E-state index in [2.05, 4.69) is 26.2 Å². The van der Waals surface area contributed by atoms with Gasteiger partial charge in [-0.05, 0) is 18.2 Å². The summed E-state index contributed by atoms with van der Waals surface area (Å²) in [6.45, 7) is 0.141. The first-order valence-electron chi connectivity index (χ1n) is 6.93. The summed E-state index contributed by atoms with van der Waals surface area (Å²) in [4.78, 5) is 25.1. The molecule has 3 aromatic rings. The van der Waals surface area contributed by atoms with Crippen molar-refractivity contribution in [3.05, 3.63) is 54.4 Å². The number of halogens is 1. The molecule has 0 atom stereocenters. The monoisotopic (exact) mass is 338 g/mol. The maximum Gasteiger partial charge on any atom is 0.270 e. The van der Waals surface area contributed by atoms with Crippen molar-refractivity contribution in [3.63, 3.8) is 0 Å². The molecule has 0 aliphatic carbocycles. The van der Waals surface area contributed by atoms with Gasteiger partial charge in [-0.2, -0.15) is 0 Å². The minimum absolute atomic E-state index is 0.141. The predicted octanol–water partition coefficient (Wildman–Crippen LogP) is 2.77. The molecular weight excluding hydrogens is 327 g/mol. The van der Waals surface area contributed by atoms with Gasteiger partial charge in [0.25, 0.3) is 5.91 Å². The molecule has 1 N–H and O–H groups in total. The number of carbonyl (C=O) groups is 1. The molecule has 3 heterocycles. The van der Waals surface area contributed by atoms with Crippen molar-refractivity contribution in [3.8, 4) is 33.5 Å². The van der Waals surface area contributed by atoms with E-state index < -0.39 is 5.82 Å². The molecule has 1 amide bonds. The number of pyridine rings is 2. The summed E-state index contributed by atoms with van der Waals surface area (Å²) in [5.74, 6) is 1.58. The van der Waals surface area contributed by atoms with Crippen LogP contribution in [0.4, 0.5) is 4.39 Å². The van der Waals surface area contributed by atoms with Gasteiger partial charge in [0.05, 0.1) is 23.3 Å². The predicted molar refractivity (Wildman–Crippen MR) is 89.7 cm³/mol.